The lowest BCUT2D eigenvalue weighted by Gasteiger charge is -2.39. The molecule has 0 bridgehead atoms. The normalized spacial score (nSPS) is 18.6. The van der Waals surface area contributed by atoms with E-state index in [0.717, 1.165) is 31.1 Å². The minimum Gasteiger partial charge on any atom is -0.355 e. The highest BCUT2D eigenvalue weighted by molar-refractivity contribution is 5.36. The average Bonchev–Trinajstić information content (AvgIpc) is 2.46. The van der Waals surface area contributed by atoms with Crippen LogP contribution >= 0.6 is 0 Å². The summed E-state index contributed by atoms with van der Waals surface area (Å²) in [6, 6.07) is 0.477. The van der Waals surface area contributed by atoms with Crippen LogP contribution in [-0.2, 0) is 6.54 Å². The van der Waals surface area contributed by atoms with Crippen molar-refractivity contribution in [3.05, 3.63) is 18.1 Å². The molecule has 1 N–H and O–H groups in total. The maximum atomic E-state index is 4.58. The molecule has 1 saturated heterocycles. The first kappa shape index (κ1) is 15.2. The third-order valence-electron chi connectivity index (χ3n) is 4.53. The van der Waals surface area contributed by atoms with Gasteiger partial charge in [-0.25, -0.2) is 4.98 Å². The van der Waals surface area contributed by atoms with Crippen LogP contribution < -0.4 is 10.2 Å². The van der Waals surface area contributed by atoms with Crippen LogP contribution in [0.2, 0.25) is 0 Å². The van der Waals surface area contributed by atoms with Gasteiger partial charge in [0.25, 0.3) is 0 Å². The maximum Gasteiger partial charge on any atom is 0.147 e. The highest BCUT2D eigenvalue weighted by Gasteiger charge is 2.28. The molecule has 4 heteroatoms. The fraction of sp³-hybridized carbons (Fsp3) is 0.750. The molecule has 0 unspecified atom stereocenters. The molecule has 1 fully saturated rings. The Morgan fingerprint density at radius 1 is 1.25 bits per heavy atom. The van der Waals surface area contributed by atoms with Crippen LogP contribution in [0.15, 0.2) is 12.4 Å². The molecule has 2 rings (SSSR count). The highest BCUT2D eigenvalue weighted by atomic mass is 15.2. The SMILES string of the molecule is CCC1(C)CCN(c2cnc(CNC(C)C)cn2)CC1. The van der Waals surface area contributed by atoms with E-state index in [2.05, 4.69) is 47.9 Å². The second-order valence-electron chi connectivity index (χ2n) is 6.55. The molecule has 0 atom stereocenters. The molecule has 2 heterocycles. The minimum atomic E-state index is 0.477. The molecule has 4 nitrogen and oxygen atoms in total. The van der Waals surface area contributed by atoms with Gasteiger partial charge in [-0.1, -0.05) is 34.1 Å². The Labute approximate surface area is 123 Å². The average molecular weight is 276 g/mol. The van der Waals surface area contributed by atoms with Gasteiger partial charge < -0.3 is 10.2 Å². The fourth-order valence-electron chi connectivity index (χ4n) is 2.54. The molecule has 1 aliphatic rings. The van der Waals surface area contributed by atoms with Crippen molar-refractivity contribution >= 4 is 5.82 Å². The number of anilines is 1. The molecule has 20 heavy (non-hydrogen) atoms. The smallest absolute Gasteiger partial charge is 0.147 e. The Kier molecular flexibility index (Phi) is 4.97. The largest absolute Gasteiger partial charge is 0.355 e. The molecule has 0 amide bonds. The van der Waals surface area contributed by atoms with Crippen LogP contribution in [0.25, 0.3) is 0 Å². The molecular weight excluding hydrogens is 248 g/mol. The van der Waals surface area contributed by atoms with Crippen LogP contribution in [0.5, 0.6) is 0 Å². The summed E-state index contributed by atoms with van der Waals surface area (Å²) in [5.74, 6) is 1.02. The van der Waals surface area contributed by atoms with Crippen LogP contribution in [0.3, 0.4) is 0 Å². The molecular formula is C16H28N4. The van der Waals surface area contributed by atoms with Crippen LogP contribution in [-0.4, -0.2) is 29.1 Å². The van der Waals surface area contributed by atoms with E-state index in [1.807, 2.05) is 12.4 Å². The van der Waals surface area contributed by atoms with Gasteiger partial charge in [-0.05, 0) is 18.3 Å². The number of rotatable bonds is 5. The standard InChI is InChI=1S/C16H28N4/c1-5-16(4)6-8-20(9-7-16)15-12-18-14(11-19-15)10-17-13(2)3/h11-13,17H,5-10H2,1-4H3. The summed E-state index contributed by atoms with van der Waals surface area (Å²) in [6.45, 7) is 12.0. The van der Waals surface area contributed by atoms with E-state index in [1.165, 1.54) is 19.3 Å². The van der Waals surface area contributed by atoms with Gasteiger partial charge in [0.2, 0.25) is 0 Å². The molecule has 0 spiro atoms. The lowest BCUT2D eigenvalue weighted by atomic mass is 9.78. The number of piperidine rings is 1. The molecule has 0 saturated carbocycles. The van der Waals surface area contributed by atoms with E-state index < -0.39 is 0 Å². The van der Waals surface area contributed by atoms with Gasteiger partial charge >= 0.3 is 0 Å². The lowest BCUT2D eigenvalue weighted by Crippen LogP contribution is -2.38. The molecule has 0 aromatic carbocycles. The van der Waals surface area contributed by atoms with Crippen molar-refractivity contribution in [2.45, 2.75) is 59.5 Å². The first-order chi connectivity index (χ1) is 9.52. The van der Waals surface area contributed by atoms with Crippen LogP contribution in [0.4, 0.5) is 5.82 Å². The van der Waals surface area contributed by atoms with Crippen molar-refractivity contribution in [3.8, 4) is 0 Å². The number of nitrogens with one attached hydrogen (secondary N) is 1. The first-order valence-electron chi connectivity index (χ1n) is 7.82. The summed E-state index contributed by atoms with van der Waals surface area (Å²) < 4.78 is 0. The number of hydrogen-bond acceptors (Lipinski definition) is 4. The zero-order valence-corrected chi connectivity index (χ0v) is 13.3. The van der Waals surface area contributed by atoms with Gasteiger partial charge in [-0.15, -0.1) is 0 Å². The lowest BCUT2D eigenvalue weighted by molar-refractivity contribution is 0.237. The highest BCUT2D eigenvalue weighted by Crippen LogP contribution is 2.34. The number of nitrogens with zero attached hydrogens (tertiary/aromatic N) is 3. The van der Waals surface area contributed by atoms with Gasteiger partial charge in [0.15, 0.2) is 0 Å². The summed E-state index contributed by atoms with van der Waals surface area (Å²) >= 11 is 0. The zero-order valence-electron chi connectivity index (χ0n) is 13.3. The van der Waals surface area contributed by atoms with Crippen molar-refractivity contribution in [1.82, 2.24) is 15.3 Å². The summed E-state index contributed by atoms with van der Waals surface area (Å²) in [4.78, 5) is 11.5. The second-order valence-corrected chi connectivity index (χ2v) is 6.55. The molecule has 1 aliphatic heterocycles. The van der Waals surface area contributed by atoms with Gasteiger partial charge in [0.1, 0.15) is 5.82 Å². The van der Waals surface area contributed by atoms with Crippen LogP contribution in [0.1, 0.15) is 52.7 Å². The number of aromatic nitrogens is 2. The summed E-state index contributed by atoms with van der Waals surface area (Å²) in [5.41, 5.74) is 1.53. The summed E-state index contributed by atoms with van der Waals surface area (Å²) in [6.07, 6.45) is 7.60. The van der Waals surface area contributed by atoms with Gasteiger partial charge in [-0.2, -0.15) is 0 Å². The molecule has 1 aromatic rings. The van der Waals surface area contributed by atoms with Gasteiger partial charge in [0, 0.05) is 25.7 Å². The third-order valence-corrected chi connectivity index (χ3v) is 4.53. The summed E-state index contributed by atoms with van der Waals surface area (Å²) in [7, 11) is 0. The summed E-state index contributed by atoms with van der Waals surface area (Å²) in [5, 5.41) is 3.36. The van der Waals surface area contributed by atoms with Crippen molar-refractivity contribution in [2.75, 3.05) is 18.0 Å². The van der Waals surface area contributed by atoms with E-state index in [-0.39, 0.29) is 0 Å². The topological polar surface area (TPSA) is 41.1 Å². The Bertz CT molecular complexity index is 405. The first-order valence-corrected chi connectivity index (χ1v) is 7.82. The molecule has 1 aromatic heterocycles. The van der Waals surface area contributed by atoms with Gasteiger partial charge in [0.05, 0.1) is 18.1 Å². The predicted octanol–water partition coefficient (Wildman–Crippen LogP) is 2.99. The van der Waals surface area contributed by atoms with E-state index in [9.17, 15) is 0 Å². The van der Waals surface area contributed by atoms with Crippen molar-refractivity contribution in [2.24, 2.45) is 5.41 Å². The van der Waals surface area contributed by atoms with E-state index in [4.69, 9.17) is 0 Å². The second kappa shape index (κ2) is 6.53. The molecule has 0 aliphatic carbocycles. The monoisotopic (exact) mass is 276 g/mol. The quantitative estimate of drug-likeness (QED) is 0.897. The number of hydrogen-bond donors (Lipinski definition) is 1. The fourth-order valence-corrected chi connectivity index (χ4v) is 2.54. The Morgan fingerprint density at radius 3 is 2.45 bits per heavy atom. The Morgan fingerprint density at radius 2 is 1.95 bits per heavy atom. The third kappa shape index (κ3) is 3.92. The Hall–Kier alpha value is -1.16. The van der Waals surface area contributed by atoms with Crippen molar-refractivity contribution < 1.29 is 0 Å². The predicted molar refractivity (Wildman–Crippen MR) is 83.9 cm³/mol. The minimum absolute atomic E-state index is 0.477. The van der Waals surface area contributed by atoms with Gasteiger partial charge in [-0.3, -0.25) is 4.98 Å². The van der Waals surface area contributed by atoms with Crippen LogP contribution in [0, 0.1) is 5.41 Å². The van der Waals surface area contributed by atoms with E-state index >= 15 is 0 Å². The van der Waals surface area contributed by atoms with Crippen molar-refractivity contribution in [1.29, 1.82) is 0 Å². The van der Waals surface area contributed by atoms with E-state index in [1.54, 1.807) is 0 Å². The van der Waals surface area contributed by atoms with E-state index in [0.29, 0.717) is 11.5 Å². The molecule has 0 radical (unpaired) electrons. The molecule has 112 valence electrons. The maximum absolute atomic E-state index is 4.58. The Balaban J connectivity index is 1.91. The zero-order chi connectivity index (χ0) is 14.6. The van der Waals surface area contributed by atoms with Crippen molar-refractivity contribution in [3.63, 3.8) is 0 Å².